The van der Waals surface area contributed by atoms with Crippen molar-refractivity contribution in [3.8, 4) is 5.75 Å². The van der Waals surface area contributed by atoms with Gasteiger partial charge in [0.15, 0.2) is 0 Å². The Hall–Kier alpha value is -2.86. The van der Waals surface area contributed by atoms with Gasteiger partial charge >= 0.3 is 0 Å². The van der Waals surface area contributed by atoms with Crippen molar-refractivity contribution in [3.63, 3.8) is 0 Å². The van der Waals surface area contributed by atoms with E-state index in [1.807, 2.05) is 71.2 Å². The molecule has 1 N–H and O–H groups in total. The van der Waals surface area contributed by atoms with Crippen LogP contribution in [0.3, 0.4) is 0 Å². The Bertz CT molecular complexity index is 904. The first-order valence-electron chi connectivity index (χ1n) is 9.35. The maximum atomic E-state index is 12.9. The number of nitrogens with one attached hydrogen (secondary N) is 1. The third kappa shape index (κ3) is 3.80. The molecule has 0 bridgehead atoms. The van der Waals surface area contributed by atoms with E-state index >= 15 is 0 Å². The molecule has 1 atom stereocenters. The lowest BCUT2D eigenvalue weighted by atomic mass is 10.1. The van der Waals surface area contributed by atoms with Crippen LogP contribution in [0.5, 0.6) is 5.75 Å². The van der Waals surface area contributed by atoms with Crippen molar-refractivity contribution in [1.29, 1.82) is 0 Å². The Kier molecular flexibility index (Phi) is 5.07. The van der Waals surface area contributed by atoms with Gasteiger partial charge in [-0.25, -0.2) is 4.98 Å². The zero-order valence-electron chi connectivity index (χ0n) is 15.5. The second-order valence-corrected chi connectivity index (χ2v) is 6.87. The fraction of sp³-hybridized carbons (Fsp3) is 0.333. The number of imidazole rings is 1. The molecule has 1 aromatic carbocycles. The number of rotatable bonds is 6. The van der Waals surface area contributed by atoms with Crippen molar-refractivity contribution < 1.29 is 9.53 Å². The minimum Gasteiger partial charge on any atom is -0.487 e. The molecule has 0 aliphatic carbocycles. The van der Waals surface area contributed by atoms with E-state index < -0.39 is 0 Å². The van der Waals surface area contributed by atoms with Gasteiger partial charge in [-0.2, -0.15) is 0 Å². The van der Waals surface area contributed by atoms with E-state index in [2.05, 4.69) is 10.3 Å². The highest BCUT2D eigenvalue weighted by Gasteiger charge is 2.28. The molecule has 1 aliphatic heterocycles. The van der Waals surface area contributed by atoms with Crippen LogP contribution < -0.4 is 10.1 Å². The molecule has 1 aliphatic rings. The maximum absolute atomic E-state index is 12.9. The molecule has 0 radical (unpaired) electrons. The number of amides is 1. The van der Waals surface area contributed by atoms with Gasteiger partial charge in [-0.3, -0.25) is 4.79 Å². The third-order valence-corrected chi connectivity index (χ3v) is 4.96. The molecule has 1 amide bonds. The van der Waals surface area contributed by atoms with Gasteiger partial charge in [0.05, 0.1) is 5.69 Å². The van der Waals surface area contributed by atoms with Crippen LogP contribution >= 0.6 is 0 Å². The van der Waals surface area contributed by atoms with Crippen LogP contribution in [0.25, 0.3) is 5.65 Å². The Labute approximate surface area is 158 Å². The predicted molar refractivity (Wildman–Crippen MR) is 104 cm³/mol. The number of benzene rings is 1. The fourth-order valence-corrected chi connectivity index (χ4v) is 3.65. The number of ether oxygens (including phenoxy) is 1. The summed E-state index contributed by atoms with van der Waals surface area (Å²) >= 11 is 0. The minimum atomic E-state index is 0.0749. The summed E-state index contributed by atoms with van der Waals surface area (Å²) in [6.45, 7) is 2.01. The highest BCUT2D eigenvalue weighted by Crippen LogP contribution is 2.22. The highest BCUT2D eigenvalue weighted by molar-refractivity contribution is 5.95. The van der Waals surface area contributed by atoms with Crippen molar-refractivity contribution in [2.45, 2.75) is 25.5 Å². The number of fused-ring (bicyclic) bond motifs is 1. The zero-order chi connectivity index (χ0) is 18.6. The lowest BCUT2D eigenvalue weighted by molar-refractivity contribution is 0.0736. The molecule has 6 heteroatoms. The summed E-state index contributed by atoms with van der Waals surface area (Å²) in [7, 11) is 1.93. The number of aromatic nitrogens is 2. The van der Waals surface area contributed by atoms with Gasteiger partial charge in [0, 0.05) is 37.1 Å². The number of likely N-dealkylation sites (tertiary alicyclic amines) is 1. The number of carbonyl (C=O) groups excluding carboxylic acids is 1. The number of carbonyl (C=O) groups is 1. The number of likely N-dealkylation sites (N-methyl/N-ethyl adjacent to an activating group) is 1. The Morgan fingerprint density at radius 3 is 3.07 bits per heavy atom. The molecule has 140 valence electrons. The second-order valence-electron chi connectivity index (χ2n) is 6.87. The van der Waals surface area contributed by atoms with Crippen molar-refractivity contribution in [3.05, 3.63) is 66.1 Å². The van der Waals surface area contributed by atoms with E-state index in [1.165, 1.54) is 0 Å². The van der Waals surface area contributed by atoms with Gasteiger partial charge < -0.3 is 19.4 Å². The Balaban J connectivity index is 1.45. The lowest BCUT2D eigenvalue weighted by Gasteiger charge is -2.24. The number of hydrogen-bond donors (Lipinski definition) is 1. The van der Waals surface area contributed by atoms with E-state index in [1.54, 1.807) is 0 Å². The lowest BCUT2D eigenvalue weighted by Crippen LogP contribution is -2.40. The van der Waals surface area contributed by atoms with Gasteiger partial charge in [-0.05, 0) is 50.2 Å². The normalized spacial score (nSPS) is 16.8. The van der Waals surface area contributed by atoms with Crippen LogP contribution in [-0.4, -0.2) is 46.4 Å². The van der Waals surface area contributed by atoms with E-state index in [4.69, 9.17) is 4.74 Å². The SMILES string of the molecule is CNCC1CCCN1C(=O)c1cccc(OCc2cn3ccccc3n2)c1. The first-order valence-corrected chi connectivity index (χ1v) is 9.35. The summed E-state index contributed by atoms with van der Waals surface area (Å²) in [6, 6.07) is 13.6. The van der Waals surface area contributed by atoms with Crippen LogP contribution in [0.15, 0.2) is 54.9 Å². The monoisotopic (exact) mass is 364 g/mol. The molecule has 2 aromatic heterocycles. The molecular formula is C21H24N4O2. The van der Waals surface area contributed by atoms with Crippen molar-refractivity contribution in [2.75, 3.05) is 20.1 Å². The Morgan fingerprint density at radius 2 is 2.22 bits per heavy atom. The van der Waals surface area contributed by atoms with Crippen LogP contribution in [0, 0.1) is 0 Å². The molecule has 3 aromatic rings. The molecule has 3 heterocycles. The molecule has 0 saturated carbocycles. The van der Waals surface area contributed by atoms with Crippen LogP contribution in [0.1, 0.15) is 28.9 Å². The predicted octanol–water partition coefficient (Wildman–Crippen LogP) is 2.74. The minimum absolute atomic E-state index is 0.0749. The molecule has 1 saturated heterocycles. The average molecular weight is 364 g/mol. The van der Waals surface area contributed by atoms with E-state index in [9.17, 15) is 4.79 Å². The molecule has 4 rings (SSSR count). The van der Waals surface area contributed by atoms with Gasteiger partial charge in [0.1, 0.15) is 18.0 Å². The maximum Gasteiger partial charge on any atom is 0.254 e. The van der Waals surface area contributed by atoms with Crippen LogP contribution in [0.2, 0.25) is 0 Å². The Morgan fingerprint density at radius 1 is 1.30 bits per heavy atom. The van der Waals surface area contributed by atoms with Crippen molar-refractivity contribution in [2.24, 2.45) is 0 Å². The van der Waals surface area contributed by atoms with Gasteiger partial charge in [0.2, 0.25) is 0 Å². The molecule has 1 unspecified atom stereocenters. The summed E-state index contributed by atoms with van der Waals surface area (Å²) in [5.41, 5.74) is 2.42. The van der Waals surface area contributed by atoms with Gasteiger partial charge in [0.25, 0.3) is 5.91 Å². The number of hydrogen-bond acceptors (Lipinski definition) is 4. The summed E-state index contributed by atoms with van der Waals surface area (Å²) in [5.74, 6) is 0.758. The molecular weight excluding hydrogens is 340 g/mol. The topological polar surface area (TPSA) is 58.9 Å². The highest BCUT2D eigenvalue weighted by atomic mass is 16.5. The van der Waals surface area contributed by atoms with Crippen LogP contribution in [0.4, 0.5) is 0 Å². The van der Waals surface area contributed by atoms with Gasteiger partial charge in [-0.15, -0.1) is 0 Å². The van der Waals surface area contributed by atoms with E-state index in [0.717, 1.165) is 37.3 Å². The molecule has 6 nitrogen and oxygen atoms in total. The second kappa shape index (κ2) is 7.80. The standard InChI is InChI=1S/C21H24N4O2/c1-22-13-18-7-5-11-25(18)21(26)16-6-4-8-19(12-16)27-15-17-14-24-10-3-2-9-20(24)23-17/h2-4,6,8-10,12,14,18,22H,5,7,11,13,15H2,1H3. The zero-order valence-corrected chi connectivity index (χ0v) is 15.5. The van der Waals surface area contributed by atoms with Crippen molar-refractivity contribution >= 4 is 11.6 Å². The first kappa shape index (κ1) is 17.5. The van der Waals surface area contributed by atoms with Crippen LogP contribution in [-0.2, 0) is 6.61 Å². The summed E-state index contributed by atoms with van der Waals surface area (Å²) in [6.07, 6.45) is 6.03. The summed E-state index contributed by atoms with van der Waals surface area (Å²) in [5, 5.41) is 3.18. The van der Waals surface area contributed by atoms with E-state index in [-0.39, 0.29) is 11.9 Å². The summed E-state index contributed by atoms with van der Waals surface area (Å²) in [4.78, 5) is 19.4. The number of pyridine rings is 1. The smallest absolute Gasteiger partial charge is 0.254 e. The average Bonchev–Trinajstić information content (AvgIpc) is 3.33. The molecule has 1 fully saturated rings. The van der Waals surface area contributed by atoms with Crippen molar-refractivity contribution in [1.82, 2.24) is 19.6 Å². The first-order chi connectivity index (χ1) is 13.2. The quantitative estimate of drug-likeness (QED) is 0.731. The molecule has 0 spiro atoms. The van der Waals surface area contributed by atoms with Gasteiger partial charge in [-0.1, -0.05) is 12.1 Å². The summed E-state index contributed by atoms with van der Waals surface area (Å²) < 4.78 is 7.86. The third-order valence-electron chi connectivity index (χ3n) is 4.96. The molecule has 27 heavy (non-hydrogen) atoms. The van der Waals surface area contributed by atoms with E-state index in [0.29, 0.717) is 17.9 Å². The number of nitrogens with zero attached hydrogens (tertiary/aromatic N) is 3. The largest absolute Gasteiger partial charge is 0.487 e. The fourth-order valence-electron chi connectivity index (χ4n) is 3.65.